The van der Waals surface area contributed by atoms with Gasteiger partial charge in [0.25, 0.3) is 0 Å². The number of hydrogen-bond donors (Lipinski definition) is 1. The molecule has 0 heterocycles. The predicted molar refractivity (Wildman–Crippen MR) is 63.0 cm³/mol. The lowest BCUT2D eigenvalue weighted by Crippen LogP contribution is -2.25. The first-order valence-corrected chi connectivity index (χ1v) is 6.10. The first-order valence-electron chi connectivity index (χ1n) is 5.31. The molecule has 1 fully saturated rings. The van der Waals surface area contributed by atoms with Gasteiger partial charge in [0, 0.05) is 10.0 Å². The van der Waals surface area contributed by atoms with Gasteiger partial charge in [0.15, 0.2) is 0 Å². The minimum Gasteiger partial charge on any atom is -0.490 e. The predicted octanol–water partition coefficient (Wildman–Crippen LogP) is 3.43. The zero-order chi connectivity index (χ0) is 10.8. The molecule has 0 aliphatic heterocycles. The van der Waals surface area contributed by atoms with Crippen LogP contribution < -0.4 is 4.74 Å². The summed E-state index contributed by atoms with van der Waals surface area (Å²) in [4.78, 5) is 0. The molecule has 82 valence electrons. The van der Waals surface area contributed by atoms with Gasteiger partial charge in [0.1, 0.15) is 5.75 Å². The van der Waals surface area contributed by atoms with Crippen molar-refractivity contribution in [3.05, 3.63) is 28.2 Å². The molecular weight excluding hydrogens is 256 g/mol. The summed E-state index contributed by atoms with van der Waals surface area (Å²) in [6.45, 7) is 1.76. The first-order chi connectivity index (χ1) is 7.16. The number of halogens is 1. The van der Waals surface area contributed by atoms with Crippen LogP contribution in [0.5, 0.6) is 5.75 Å². The summed E-state index contributed by atoms with van der Waals surface area (Å²) >= 11 is 3.40. The average Bonchev–Trinajstić information content (AvgIpc) is 2.12. The number of rotatable bonds is 3. The third-order valence-electron chi connectivity index (χ3n) is 2.77. The molecule has 3 heteroatoms. The zero-order valence-electron chi connectivity index (χ0n) is 8.74. The van der Waals surface area contributed by atoms with Gasteiger partial charge in [0.2, 0.25) is 0 Å². The molecule has 1 aliphatic carbocycles. The van der Waals surface area contributed by atoms with Crippen LogP contribution in [0.2, 0.25) is 0 Å². The maximum absolute atomic E-state index is 9.63. The second kappa shape index (κ2) is 4.54. The number of ether oxygens (including phenoxy) is 1. The highest BCUT2D eigenvalue weighted by Crippen LogP contribution is 2.32. The van der Waals surface area contributed by atoms with Crippen LogP contribution in [0.1, 0.15) is 37.9 Å². The van der Waals surface area contributed by atoms with Crippen LogP contribution in [0, 0.1) is 0 Å². The second-order valence-corrected chi connectivity index (χ2v) is 4.94. The number of benzene rings is 1. The maximum atomic E-state index is 9.63. The van der Waals surface area contributed by atoms with E-state index >= 15 is 0 Å². The van der Waals surface area contributed by atoms with Crippen LogP contribution in [0.3, 0.4) is 0 Å². The Morgan fingerprint density at radius 3 is 2.73 bits per heavy atom. The van der Waals surface area contributed by atoms with Crippen molar-refractivity contribution >= 4 is 15.9 Å². The van der Waals surface area contributed by atoms with Gasteiger partial charge in [-0.05, 0) is 44.4 Å². The summed E-state index contributed by atoms with van der Waals surface area (Å²) in [5.41, 5.74) is 0.858. The van der Waals surface area contributed by atoms with Crippen LogP contribution >= 0.6 is 15.9 Å². The van der Waals surface area contributed by atoms with E-state index in [1.165, 1.54) is 6.42 Å². The van der Waals surface area contributed by atoms with E-state index in [-0.39, 0.29) is 0 Å². The maximum Gasteiger partial charge on any atom is 0.125 e. The minimum absolute atomic E-state index is 0.351. The molecule has 1 aromatic carbocycles. The summed E-state index contributed by atoms with van der Waals surface area (Å²) in [5, 5.41) is 9.63. The Bertz CT molecular complexity index is 345. The zero-order valence-corrected chi connectivity index (χ0v) is 10.3. The summed E-state index contributed by atoms with van der Waals surface area (Å²) in [7, 11) is 0. The average molecular weight is 271 g/mol. The molecule has 0 bridgehead atoms. The van der Waals surface area contributed by atoms with Crippen molar-refractivity contribution in [1.82, 2.24) is 0 Å². The highest BCUT2D eigenvalue weighted by molar-refractivity contribution is 9.10. The molecule has 1 unspecified atom stereocenters. The highest BCUT2D eigenvalue weighted by Gasteiger charge is 2.21. The molecule has 1 aliphatic rings. The van der Waals surface area contributed by atoms with E-state index in [0.29, 0.717) is 6.10 Å². The van der Waals surface area contributed by atoms with Gasteiger partial charge >= 0.3 is 0 Å². The van der Waals surface area contributed by atoms with Gasteiger partial charge in [-0.2, -0.15) is 0 Å². The Labute approximate surface area is 98.4 Å². The molecule has 0 spiro atoms. The van der Waals surface area contributed by atoms with E-state index in [4.69, 9.17) is 4.74 Å². The Kier molecular flexibility index (Phi) is 3.32. The van der Waals surface area contributed by atoms with Crippen molar-refractivity contribution < 1.29 is 9.84 Å². The van der Waals surface area contributed by atoms with Crippen molar-refractivity contribution in [2.24, 2.45) is 0 Å². The standard InChI is InChI=1S/C12H15BrO2/c1-8(14)11-7-9(13)5-6-12(11)15-10-3-2-4-10/h5-8,10,14H,2-4H2,1H3. The molecule has 2 nitrogen and oxygen atoms in total. The number of hydrogen-bond acceptors (Lipinski definition) is 2. The van der Waals surface area contributed by atoms with Crippen LogP contribution in [0.4, 0.5) is 0 Å². The minimum atomic E-state index is -0.488. The van der Waals surface area contributed by atoms with Crippen LogP contribution in [-0.4, -0.2) is 11.2 Å². The van der Waals surface area contributed by atoms with E-state index in [1.54, 1.807) is 6.92 Å². The molecule has 1 atom stereocenters. The lowest BCUT2D eigenvalue weighted by Gasteiger charge is -2.28. The van der Waals surface area contributed by atoms with E-state index in [1.807, 2.05) is 18.2 Å². The third kappa shape index (κ3) is 2.52. The highest BCUT2D eigenvalue weighted by atomic mass is 79.9. The van der Waals surface area contributed by atoms with Gasteiger partial charge in [-0.3, -0.25) is 0 Å². The van der Waals surface area contributed by atoms with Crippen LogP contribution in [-0.2, 0) is 0 Å². The lowest BCUT2D eigenvalue weighted by molar-refractivity contribution is 0.112. The van der Waals surface area contributed by atoms with E-state index in [0.717, 1.165) is 28.6 Å². The van der Waals surface area contributed by atoms with Gasteiger partial charge in [0.05, 0.1) is 12.2 Å². The third-order valence-corrected chi connectivity index (χ3v) is 3.26. The van der Waals surface area contributed by atoms with Crippen molar-refractivity contribution in [2.75, 3.05) is 0 Å². The smallest absolute Gasteiger partial charge is 0.125 e. The Balaban J connectivity index is 2.20. The van der Waals surface area contributed by atoms with Gasteiger partial charge in [-0.1, -0.05) is 15.9 Å². The molecule has 0 radical (unpaired) electrons. The fourth-order valence-electron chi connectivity index (χ4n) is 1.62. The SMILES string of the molecule is CC(O)c1cc(Br)ccc1OC1CCC1. The molecule has 0 aromatic heterocycles. The van der Waals surface area contributed by atoms with E-state index < -0.39 is 6.10 Å². The largest absolute Gasteiger partial charge is 0.490 e. The second-order valence-electron chi connectivity index (χ2n) is 4.03. The number of aliphatic hydroxyl groups is 1. The Morgan fingerprint density at radius 1 is 1.47 bits per heavy atom. The summed E-state index contributed by atoms with van der Waals surface area (Å²) in [6.07, 6.45) is 3.39. The van der Waals surface area contributed by atoms with Gasteiger partial charge < -0.3 is 9.84 Å². The molecule has 0 saturated heterocycles. The molecule has 15 heavy (non-hydrogen) atoms. The van der Waals surface area contributed by atoms with Crippen LogP contribution in [0.25, 0.3) is 0 Å². The normalized spacial score (nSPS) is 18.3. The molecular formula is C12H15BrO2. The molecule has 1 aromatic rings. The monoisotopic (exact) mass is 270 g/mol. The van der Waals surface area contributed by atoms with Gasteiger partial charge in [-0.25, -0.2) is 0 Å². The number of aliphatic hydroxyl groups excluding tert-OH is 1. The van der Waals surface area contributed by atoms with Crippen molar-refractivity contribution in [1.29, 1.82) is 0 Å². The van der Waals surface area contributed by atoms with E-state index in [2.05, 4.69) is 15.9 Å². The van der Waals surface area contributed by atoms with Gasteiger partial charge in [-0.15, -0.1) is 0 Å². The molecule has 1 N–H and O–H groups in total. The summed E-state index contributed by atoms with van der Waals surface area (Å²) in [5.74, 6) is 0.818. The Morgan fingerprint density at radius 2 is 2.20 bits per heavy atom. The van der Waals surface area contributed by atoms with Crippen LogP contribution in [0.15, 0.2) is 22.7 Å². The molecule has 2 rings (SSSR count). The topological polar surface area (TPSA) is 29.5 Å². The lowest BCUT2D eigenvalue weighted by atomic mass is 9.96. The fraction of sp³-hybridized carbons (Fsp3) is 0.500. The Hall–Kier alpha value is -0.540. The van der Waals surface area contributed by atoms with E-state index in [9.17, 15) is 5.11 Å². The quantitative estimate of drug-likeness (QED) is 0.912. The fourth-order valence-corrected chi connectivity index (χ4v) is 2.00. The van der Waals surface area contributed by atoms with Crippen molar-refractivity contribution in [2.45, 2.75) is 38.4 Å². The summed E-state index contributed by atoms with van der Waals surface area (Å²) in [6, 6.07) is 5.78. The van der Waals surface area contributed by atoms with Crippen molar-refractivity contribution in [3.8, 4) is 5.75 Å². The first kappa shape index (κ1) is 11.0. The van der Waals surface area contributed by atoms with Crippen molar-refractivity contribution in [3.63, 3.8) is 0 Å². The molecule has 1 saturated carbocycles. The molecule has 0 amide bonds. The summed E-state index contributed by atoms with van der Waals surface area (Å²) < 4.78 is 6.79.